The average molecular weight is 414 g/mol. The molecule has 9 nitrogen and oxygen atoms in total. The zero-order valence-corrected chi connectivity index (χ0v) is 16.3. The molecule has 0 heterocycles. The topological polar surface area (TPSA) is 171 Å². The molecule has 1 aromatic carbocycles. The Hall–Kier alpha value is -0.280. The highest BCUT2D eigenvalue weighted by molar-refractivity contribution is 7.53. The second-order valence-corrected chi connectivity index (χ2v) is 7.34. The van der Waals surface area contributed by atoms with Crippen LogP contribution in [0.5, 0.6) is 0 Å². The van der Waals surface area contributed by atoms with Gasteiger partial charge in [0.15, 0.2) is 0 Å². The van der Waals surface area contributed by atoms with Crippen LogP contribution in [-0.4, -0.2) is 59.8 Å². The molecule has 1 aromatic rings. The quantitative estimate of drug-likeness (QED) is 0.253. The number of rotatable bonds is 10. The number of hydrogen-bond donors (Lipinski definition) is 8. The van der Waals surface area contributed by atoms with Crippen LogP contribution in [0.15, 0.2) is 30.3 Å². The number of aliphatic hydroxyl groups is 4. The molecule has 1 atom stereocenters. The first-order valence-corrected chi connectivity index (χ1v) is 10.2. The predicted molar refractivity (Wildman–Crippen MR) is 97.4 cm³/mol. The fraction of sp³-hybridized carbons (Fsp3) is 0.600. The summed E-state index contributed by atoms with van der Waals surface area (Å²) in [5.41, 5.74) is -2.17. The molecule has 1 rings (SSSR count). The first kappa shape index (κ1) is 25.7. The van der Waals surface area contributed by atoms with Crippen LogP contribution in [0.4, 0.5) is 0 Å². The Bertz CT molecular complexity index is 457. The summed E-state index contributed by atoms with van der Waals surface area (Å²) in [5, 5.41) is 39.8. The molecule has 11 heteroatoms. The molecule has 8 N–H and O–H groups in total. The minimum Gasteiger partial charge on any atom is -0.395 e. The van der Waals surface area contributed by atoms with Crippen LogP contribution >= 0.6 is 17.2 Å². The minimum absolute atomic E-state index is 0.384. The van der Waals surface area contributed by atoms with Gasteiger partial charge in [-0.2, -0.15) is 0 Å². The van der Waals surface area contributed by atoms with Crippen molar-refractivity contribution in [3.8, 4) is 0 Å². The van der Waals surface area contributed by atoms with Crippen LogP contribution < -0.4 is 0 Å². The van der Waals surface area contributed by atoms with Gasteiger partial charge in [0.05, 0.1) is 25.2 Å². The molecule has 0 aliphatic rings. The number of benzene rings is 1. The fourth-order valence-corrected chi connectivity index (χ4v) is 2.99. The van der Waals surface area contributed by atoms with Gasteiger partial charge in [-0.3, -0.25) is 0 Å². The van der Waals surface area contributed by atoms with E-state index in [2.05, 4.69) is 4.31 Å². The third kappa shape index (κ3) is 7.38. The van der Waals surface area contributed by atoms with Gasteiger partial charge in [-0.05, 0) is 12.0 Å². The maximum atomic E-state index is 11.0. The van der Waals surface area contributed by atoms with E-state index in [0.717, 1.165) is 12.8 Å². The minimum atomic E-state index is -2.61. The van der Waals surface area contributed by atoms with Gasteiger partial charge in [-0.25, -0.2) is 4.31 Å². The van der Waals surface area contributed by atoms with Crippen molar-refractivity contribution in [1.29, 1.82) is 0 Å². The van der Waals surface area contributed by atoms with Crippen molar-refractivity contribution in [2.24, 2.45) is 5.41 Å². The summed E-state index contributed by atoms with van der Waals surface area (Å²) in [6.45, 7) is 0.573. The van der Waals surface area contributed by atoms with Crippen LogP contribution in [0.25, 0.3) is 0 Å². The highest BCUT2D eigenvalue weighted by Crippen LogP contribution is 2.43. The zero-order chi connectivity index (χ0) is 20.2. The molecular weight excluding hydrogens is 386 g/mol. The Kier molecular flexibility index (Phi) is 12.9. The van der Waals surface area contributed by atoms with Crippen molar-refractivity contribution in [1.82, 2.24) is 0 Å². The molecule has 0 aliphatic heterocycles. The maximum absolute atomic E-state index is 11.0. The van der Waals surface area contributed by atoms with Crippen LogP contribution in [-0.2, 0) is 9.91 Å². The molecule has 0 bridgehead atoms. The van der Waals surface area contributed by atoms with Crippen molar-refractivity contribution in [3.05, 3.63) is 35.9 Å². The Morgan fingerprint density at radius 3 is 1.65 bits per heavy atom. The average Bonchev–Trinajstić information content (AvgIpc) is 2.62. The summed E-state index contributed by atoms with van der Waals surface area (Å²) >= 11 is 0. The van der Waals surface area contributed by atoms with Gasteiger partial charge in [-0.15, -0.1) is 0 Å². The fourth-order valence-electron chi connectivity index (χ4n) is 2.47. The van der Waals surface area contributed by atoms with Gasteiger partial charge in [0.25, 0.3) is 0 Å². The highest BCUT2D eigenvalue weighted by atomic mass is 31.2. The number of aliphatic hydroxyl groups excluding tert-OH is 3. The SMILES string of the molecule is CCCCC(O)(c1ccccc1)C(CO)(CO)CO.OP(O)OP(O)O. The van der Waals surface area contributed by atoms with E-state index in [1.807, 2.05) is 13.0 Å². The second-order valence-electron chi connectivity index (χ2n) is 5.67. The van der Waals surface area contributed by atoms with Crippen molar-refractivity contribution in [2.75, 3.05) is 19.8 Å². The Morgan fingerprint density at radius 2 is 1.35 bits per heavy atom. The van der Waals surface area contributed by atoms with Gasteiger partial charge < -0.3 is 40.0 Å². The molecule has 152 valence electrons. The highest BCUT2D eigenvalue weighted by Gasteiger charge is 2.50. The van der Waals surface area contributed by atoms with E-state index in [1.54, 1.807) is 24.3 Å². The lowest BCUT2D eigenvalue weighted by molar-refractivity contribution is -0.164. The van der Waals surface area contributed by atoms with Crippen LogP contribution in [0.1, 0.15) is 31.7 Å². The maximum Gasteiger partial charge on any atom is 0.334 e. The van der Waals surface area contributed by atoms with Crippen molar-refractivity contribution < 1.29 is 44.3 Å². The Balaban J connectivity index is 0.000000758. The molecule has 0 amide bonds. The molecule has 0 fully saturated rings. The van der Waals surface area contributed by atoms with Crippen LogP contribution in [0.3, 0.4) is 0 Å². The Labute approximate surface area is 155 Å². The smallest absolute Gasteiger partial charge is 0.334 e. The summed E-state index contributed by atoms with van der Waals surface area (Å²) in [6, 6.07) is 8.94. The monoisotopic (exact) mass is 414 g/mol. The molecule has 0 aromatic heterocycles. The zero-order valence-electron chi connectivity index (χ0n) is 14.5. The van der Waals surface area contributed by atoms with Gasteiger partial charge >= 0.3 is 17.2 Å². The van der Waals surface area contributed by atoms with E-state index in [1.165, 1.54) is 0 Å². The van der Waals surface area contributed by atoms with Gasteiger partial charge in [0.1, 0.15) is 5.60 Å². The molecule has 1 unspecified atom stereocenters. The summed E-state index contributed by atoms with van der Waals surface area (Å²) in [6.07, 6.45) is 2.01. The van der Waals surface area contributed by atoms with E-state index in [4.69, 9.17) is 19.6 Å². The molecule has 0 saturated carbocycles. The third-order valence-corrected chi connectivity index (χ3v) is 5.24. The summed E-state index contributed by atoms with van der Waals surface area (Å²) in [5.74, 6) is 0. The molecule has 0 aliphatic carbocycles. The second kappa shape index (κ2) is 13.0. The van der Waals surface area contributed by atoms with E-state index in [9.17, 15) is 20.4 Å². The number of unbranched alkanes of at least 4 members (excludes halogenated alkanes) is 1. The standard InChI is InChI=1S/C15H24O4.H4O5P2/c1-2-3-9-15(19,13-7-5-4-6-8-13)14(10-16,11-17)12-18;1-6(2)5-7(3)4/h4-8,16-19H,2-3,9-12H2,1H3;1-4H. The molecule has 0 spiro atoms. The normalized spacial score (nSPS) is 14.1. The van der Waals surface area contributed by atoms with E-state index in [0.29, 0.717) is 12.0 Å². The predicted octanol–water partition coefficient (Wildman–Crippen LogP) is 0.454. The largest absolute Gasteiger partial charge is 0.395 e. The summed E-state index contributed by atoms with van der Waals surface area (Å²) < 4.78 is 3.60. The van der Waals surface area contributed by atoms with Gasteiger partial charge in [-0.1, -0.05) is 50.1 Å². The lowest BCUT2D eigenvalue weighted by Gasteiger charge is -2.44. The van der Waals surface area contributed by atoms with Gasteiger partial charge in [0, 0.05) is 0 Å². The molecular formula is C15H28O9P2. The van der Waals surface area contributed by atoms with Crippen molar-refractivity contribution in [2.45, 2.75) is 31.8 Å². The van der Waals surface area contributed by atoms with E-state index in [-0.39, 0.29) is 0 Å². The summed E-state index contributed by atoms with van der Waals surface area (Å²) in [4.78, 5) is 31.3. The van der Waals surface area contributed by atoms with Crippen LogP contribution in [0.2, 0.25) is 0 Å². The number of hydrogen-bond acceptors (Lipinski definition) is 9. The lowest BCUT2D eigenvalue weighted by atomic mass is 9.67. The van der Waals surface area contributed by atoms with Crippen molar-refractivity contribution in [3.63, 3.8) is 0 Å². The molecule has 0 radical (unpaired) electrons. The third-order valence-electron chi connectivity index (χ3n) is 4.07. The van der Waals surface area contributed by atoms with E-state index >= 15 is 0 Å². The van der Waals surface area contributed by atoms with Gasteiger partial charge in [0.2, 0.25) is 0 Å². The van der Waals surface area contributed by atoms with E-state index < -0.39 is 48.0 Å². The lowest BCUT2D eigenvalue weighted by Crippen LogP contribution is -2.53. The molecule has 26 heavy (non-hydrogen) atoms. The van der Waals surface area contributed by atoms with Crippen LogP contribution in [0, 0.1) is 5.41 Å². The summed E-state index contributed by atoms with van der Waals surface area (Å²) in [7, 11) is -5.22. The Morgan fingerprint density at radius 1 is 0.885 bits per heavy atom. The molecule has 0 saturated heterocycles. The first-order chi connectivity index (χ1) is 12.2. The first-order valence-electron chi connectivity index (χ1n) is 7.87. The van der Waals surface area contributed by atoms with Crippen molar-refractivity contribution >= 4 is 17.2 Å².